The second-order valence-corrected chi connectivity index (χ2v) is 9.57. The van der Waals surface area contributed by atoms with Gasteiger partial charge < -0.3 is 9.47 Å². The van der Waals surface area contributed by atoms with Gasteiger partial charge in [-0.3, -0.25) is 4.79 Å². The van der Waals surface area contributed by atoms with E-state index in [1.165, 1.54) is 23.7 Å². The number of thioether (sulfide) groups is 1. The minimum absolute atomic E-state index is 0.130. The quantitative estimate of drug-likeness (QED) is 0.685. The standard InChI is InChI=1S/C22H32N4OS/c1-6-18-9-7-8-14-26(18)19(27)15-28-21-24-23-20(25(21)5)16-10-12-17(13-11-16)22(2,3)4/h10-13,18H,6-9,14-15H2,1-5H3/t18-/m1/s1. The number of rotatable bonds is 5. The van der Waals surface area contributed by atoms with Crippen molar-refractivity contribution in [1.82, 2.24) is 19.7 Å². The molecule has 2 aromatic rings. The van der Waals surface area contributed by atoms with Crippen molar-refractivity contribution in [2.24, 2.45) is 7.05 Å². The molecule has 0 bridgehead atoms. The highest BCUT2D eigenvalue weighted by Gasteiger charge is 2.25. The molecule has 5 nitrogen and oxygen atoms in total. The van der Waals surface area contributed by atoms with E-state index < -0.39 is 0 Å². The van der Waals surface area contributed by atoms with Gasteiger partial charge in [-0.2, -0.15) is 0 Å². The van der Waals surface area contributed by atoms with Crippen molar-refractivity contribution in [2.75, 3.05) is 12.3 Å². The van der Waals surface area contributed by atoms with Crippen molar-refractivity contribution in [2.45, 2.75) is 70.0 Å². The molecule has 0 unspecified atom stereocenters. The van der Waals surface area contributed by atoms with Gasteiger partial charge in [0.2, 0.25) is 5.91 Å². The fourth-order valence-electron chi connectivity index (χ4n) is 3.77. The van der Waals surface area contributed by atoms with Crippen molar-refractivity contribution in [3.05, 3.63) is 29.8 Å². The van der Waals surface area contributed by atoms with Gasteiger partial charge in [0.1, 0.15) is 0 Å². The number of amides is 1. The van der Waals surface area contributed by atoms with Crippen LogP contribution in [0.1, 0.15) is 58.9 Å². The monoisotopic (exact) mass is 400 g/mol. The number of piperidine rings is 1. The molecule has 1 aromatic carbocycles. The smallest absolute Gasteiger partial charge is 0.233 e. The van der Waals surface area contributed by atoms with Gasteiger partial charge in [0.15, 0.2) is 11.0 Å². The molecule has 1 fully saturated rings. The molecule has 1 atom stereocenters. The van der Waals surface area contributed by atoms with Crippen LogP contribution in [0.25, 0.3) is 11.4 Å². The lowest BCUT2D eigenvalue weighted by Gasteiger charge is -2.35. The molecule has 0 radical (unpaired) electrons. The predicted octanol–water partition coefficient (Wildman–Crippen LogP) is 4.66. The zero-order valence-corrected chi connectivity index (χ0v) is 18.6. The van der Waals surface area contributed by atoms with Gasteiger partial charge >= 0.3 is 0 Å². The maximum Gasteiger partial charge on any atom is 0.233 e. The Kier molecular flexibility index (Phi) is 6.48. The summed E-state index contributed by atoms with van der Waals surface area (Å²) in [5.41, 5.74) is 2.47. The number of carbonyl (C=O) groups is 1. The lowest BCUT2D eigenvalue weighted by Crippen LogP contribution is -2.44. The van der Waals surface area contributed by atoms with Gasteiger partial charge in [-0.1, -0.05) is 63.7 Å². The lowest BCUT2D eigenvalue weighted by atomic mass is 9.87. The van der Waals surface area contributed by atoms with Crippen molar-refractivity contribution >= 4 is 17.7 Å². The number of likely N-dealkylation sites (tertiary alicyclic amines) is 1. The first-order valence-electron chi connectivity index (χ1n) is 10.2. The number of benzene rings is 1. The van der Waals surface area contributed by atoms with Gasteiger partial charge in [0.05, 0.1) is 5.75 Å². The maximum atomic E-state index is 12.7. The van der Waals surface area contributed by atoms with E-state index in [1.807, 2.05) is 11.6 Å². The number of hydrogen-bond donors (Lipinski definition) is 0. The summed E-state index contributed by atoms with van der Waals surface area (Å²) in [5.74, 6) is 1.47. The van der Waals surface area contributed by atoms with E-state index in [4.69, 9.17) is 0 Å². The summed E-state index contributed by atoms with van der Waals surface area (Å²) in [6, 6.07) is 8.91. The van der Waals surface area contributed by atoms with E-state index in [0.29, 0.717) is 11.8 Å². The molecule has 1 aliphatic rings. The van der Waals surface area contributed by atoms with Crippen LogP contribution < -0.4 is 0 Å². The third kappa shape index (κ3) is 4.59. The molecule has 0 aliphatic carbocycles. The van der Waals surface area contributed by atoms with Gasteiger partial charge in [-0.05, 0) is 36.7 Å². The molecule has 1 aliphatic heterocycles. The second kappa shape index (κ2) is 8.68. The molecule has 1 amide bonds. The Labute approximate surface area is 172 Å². The van der Waals surface area contributed by atoms with Crippen molar-refractivity contribution < 1.29 is 4.79 Å². The third-order valence-electron chi connectivity index (χ3n) is 5.59. The van der Waals surface area contributed by atoms with Crippen LogP contribution >= 0.6 is 11.8 Å². The largest absolute Gasteiger partial charge is 0.339 e. The second-order valence-electron chi connectivity index (χ2n) is 8.63. The summed E-state index contributed by atoms with van der Waals surface area (Å²) in [6.45, 7) is 9.69. The van der Waals surface area contributed by atoms with E-state index >= 15 is 0 Å². The number of hydrogen-bond acceptors (Lipinski definition) is 4. The fraction of sp³-hybridized carbons (Fsp3) is 0.591. The number of carbonyl (C=O) groups excluding carboxylic acids is 1. The van der Waals surface area contributed by atoms with Crippen LogP contribution in [0.3, 0.4) is 0 Å². The van der Waals surface area contributed by atoms with E-state index in [1.54, 1.807) is 0 Å². The Morgan fingerprint density at radius 1 is 1.18 bits per heavy atom. The maximum absolute atomic E-state index is 12.7. The van der Waals surface area contributed by atoms with E-state index in [2.05, 4.69) is 67.1 Å². The Hall–Kier alpha value is -1.82. The molecule has 0 spiro atoms. The van der Waals surface area contributed by atoms with Crippen molar-refractivity contribution in [1.29, 1.82) is 0 Å². The fourth-order valence-corrected chi connectivity index (χ4v) is 4.57. The lowest BCUT2D eigenvalue weighted by molar-refractivity contribution is -0.132. The summed E-state index contributed by atoms with van der Waals surface area (Å²) >= 11 is 1.48. The Morgan fingerprint density at radius 2 is 1.89 bits per heavy atom. The Bertz CT molecular complexity index is 807. The van der Waals surface area contributed by atoms with Gasteiger partial charge in [0, 0.05) is 25.2 Å². The molecule has 28 heavy (non-hydrogen) atoms. The highest BCUT2D eigenvalue weighted by atomic mass is 32.2. The molecule has 2 heterocycles. The summed E-state index contributed by atoms with van der Waals surface area (Å²) in [5, 5.41) is 9.48. The van der Waals surface area contributed by atoms with Crippen LogP contribution in [0.5, 0.6) is 0 Å². The highest BCUT2D eigenvalue weighted by Crippen LogP contribution is 2.27. The molecule has 152 valence electrons. The van der Waals surface area contributed by atoms with E-state index in [-0.39, 0.29) is 11.3 Å². The first-order valence-corrected chi connectivity index (χ1v) is 11.2. The van der Waals surface area contributed by atoms with Crippen LogP contribution in [-0.4, -0.2) is 43.9 Å². The Morgan fingerprint density at radius 3 is 2.54 bits per heavy atom. The molecule has 3 rings (SSSR count). The molecular weight excluding hydrogens is 368 g/mol. The minimum Gasteiger partial charge on any atom is -0.339 e. The van der Waals surface area contributed by atoms with Gasteiger partial charge in [-0.15, -0.1) is 10.2 Å². The van der Waals surface area contributed by atoms with Crippen LogP contribution in [0.2, 0.25) is 0 Å². The molecule has 1 aromatic heterocycles. The van der Waals surface area contributed by atoms with Crippen LogP contribution in [-0.2, 0) is 17.3 Å². The van der Waals surface area contributed by atoms with Crippen LogP contribution in [0.15, 0.2) is 29.4 Å². The van der Waals surface area contributed by atoms with E-state index in [9.17, 15) is 4.79 Å². The molecule has 0 N–H and O–H groups in total. The van der Waals surface area contributed by atoms with Gasteiger partial charge in [0.25, 0.3) is 0 Å². The van der Waals surface area contributed by atoms with Crippen LogP contribution in [0, 0.1) is 0 Å². The minimum atomic E-state index is 0.130. The van der Waals surface area contributed by atoms with Crippen LogP contribution in [0.4, 0.5) is 0 Å². The molecule has 6 heteroatoms. The SMILES string of the molecule is CC[C@@H]1CCCCN1C(=O)CSc1nnc(-c2ccc(C(C)(C)C)cc2)n1C. The highest BCUT2D eigenvalue weighted by molar-refractivity contribution is 7.99. The zero-order valence-electron chi connectivity index (χ0n) is 17.7. The summed E-state index contributed by atoms with van der Waals surface area (Å²) < 4.78 is 1.98. The predicted molar refractivity (Wildman–Crippen MR) is 116 cm³/mol. The first-order chi connectivity index (χ1) is 13.3. The number of nitrogens with zero attached hydrogens (tertiary/aromatic N) is 4. The first kappa shape index (κ1) is 20.9. The summed E-state index contributed by atoms with van der Waals surface area (Å²) in [7, 11) is 1.97. The topological polar surface area (TPSA) is 51.0 Å². The molecular formula is C22H32N4OS. The third-order valence-corrected chi connectivity index (χ3v) is 6.59. The van der Waals surface area contributed by atoms with Gasteiger partial charge in [-0.25, -0.2) is 0 Å². The summed E-state index contributed by atoms with van der Waals surface area (Å²) in [6.07, 6.45) is 4.52. The molecule has 1 saturated heterocycles. The van der Waals surface area contributed by atoms with Crippen molar-refractivity contribution in [3.63, 3.8) is 0 Å². The number of aromatic nitrogens is 3. The normalized spacial score (nSPS) is 17.8. The zero-order chi connectivity index (χ0) is 20.3. The molecule has 0 saturated carbocycles. The Balaban J connectivity index is 1.67. The average molecular weight is 401 g/mol. The van der Waals surface area contributed by atoms with Crippen molar-refractivity contribution in [3.8, 4) is 11.4 Å². The average Bonchev–Trinajstić information content (AvgIpc) is 3.06. The van der Waals surface area contributed by atoms with E-state index in [0.717, 1.165) is 42.4 Å². The summed E-state index contributed by atoms with van der Waals surface area (Å²) in [4.78, 5) is 14.8.